The molecular weight excluding hydrogens is 354 g/mol. The van der Waals surface area contributed by atoms with Crippen molar-refractivity contribution in [3.63, 3.8) is 0 Å². The Morgan fingerprint density at radius 3 is 2.44 bits per heavy atom. The van der Waals surface area contributed by atoms with Crippen molar-refractivity contribution >= 4 is 11.9 Å². The standard InChI is InChI=1S/C17H25NO3.C2H2O4/c1-4-11-20-17(21-15-8-6-5-7-9-15)16-13-18(14(2)3)10-12-19-16;3-1(4)2(5)6/h4-9,14,16-17H,1,10-13H2,2-3H3;(H,3,4)(H,5,6). The highest BCUT2D eigenvalue weighted by Crippen LogP contribution is 2.19. The maximum Gasteiger partial charge on any atom is 0.414 e. The second-order valence-electron chi connectivity index (χ2n) is 6.03. The van der Waals surface area contributed by atoms with E-state index in [1.165, 1.54) is 0 Å². The van der Waals surface area contributed by atoms with Crippen LogP contribution in [0, 0.1) is 0 Å². The Morgan fingerprint density at radius 2 is 1.93 bits per heavy atom. The maximum atomic E-state index is 9.10. The van der Waals surface area contributed by atoms with Crippen LogP contribution < -0.4 is 4.74 Å². The van der Waals surface area contributed by atoms with E-state index in [-0.39, 0.29) is 6.10 Å². The first-order valence-corrected chi connectivity index (χ1v) is 8.61. The second-order valence-corrected chi connectivity index (χ2v) is 6.03. The molecule has 1 fully saturated rings. The summed E-state index contributed by atoms with van der Waals surface area (Å²) in [7, 11) is 0. The molecule has 1 aromatic carbocycles. The van der Waals surface area contributed by atoms with Gasteiger partial charge in [-0.15, -0.1) is 6.58 Å². The van der Waals surface area contributed by atoms with Gasteiger partial charge >= 0.3 is 11.9 Å². The third kappa shape index (κ3) is 8.67. The van der Waals surface area contributed by atoms with Crippen LogP contribution in [0.15, 0.2) is 43.0 Å². The molecule has 2 rings (SSSR count). The van der Waals surface area contributed by atoms with Crippen LogP contribution in [0.3, 0.4) is 0 Å². The molecule has 1 aliphatic heterocycles. The van der Waals surface area contributed by atoms with Gasteiger partial charge in [-0.2, -0.15) is 0 Å². The molecule has 1 heterocycles. The Morgan fingerprint density at radius 1 is 1.30 bits per heavy atom. The number of morpholine rings is 1. The number of aliphatic carboxylic acids is 2. The van der Waals surface area contributed by atoms with Crippen molar-refractivity contribution in [2.24, 2.45) is 0 Å². The highest BCUT2D eigenvalue weighted by atomic mass is 16.7. The molecule has 0 saturated carbocycles. The van der Waals surface area contributed by atoms with E-state index in [4.69, 9.17) is 34.0 Å². The van der Waals surface area contributed by atoms with E-state index in [1.54, 1.807) is 6.08 Å². The van der Waals surface area contributed by atoms with Gasteiger partial charge in [-0.25, -0.2) is 9.59 Å². The molecule has 0 spiro atoms. The highest BCUT2D eigenvalue weighted by Gasteiger charge is 2.31. The fourth-order valence-electron chi connectivity index (χ4n) is 2.34. The Kier molecular flexibility index (Phi) is 10.1. The molecule has 0 aromatic heterocycles. The SMILES string of the molecule is C=CCOC(Oc1ccccc1)C1CN(C(C)C)CCO1.O=C(O)C(=O)O. The van der Waals surface area contributed by atoms with Gasteiger partial charge < -0.3 is 24.4 Å². The summed E-state index contributed by atoms with van der Waals surface area (Å²) in [4.78, 5) is 20.6. The number of nitrogens with zero attached hydrogens (tertiary/aromatic N) is 1. The van der Waals surface area contributed by atoms with Crippen LogP contribution >= 0.6 is 0 Å². The summed E-state index contributed by atoms with van der Waals surface area (Å²) in [5.41, 5.74) is 0. The Balaban J connectivity index is 0.000000527. The molecule has 1 saturated heterocycles. The minimum absolute atomic E-state index is 0.0960. The third-order valence-corrected chi connectivity index (χ3v) is 3.72. The molecule has 2 unspecified atom stereocenters. The highest BCUT2D eigenvalue weighted by molar-refractivity contribution is 6.27. The van der Waals surface area contributed by atoms with Crippen LogP contribution in [0.2, 0.25) is 0 Å². The van der Waals surface area contributed by atoms with Crippen LogP contribution in [-0.2, 0) is 19.1 Å². The molecule has 27 heavy (non-hydrogen) atoms. The van der Waals surface area contributed by atoms with Gasteiger partial charge in [0.2, 0.25) is 6.29 Å². The van der Waals surface area contributed by atoms with Crippen molar-refractivity contribution in [3.05, 3.63) is 43.0 Å². The zero-order chi connectivity index (χ0) is 20.2. The van der Waals surface area contributed by atoms with Crippen molar-refractivity contribution in [1.29, 1.82) is 0 Å². The number of carboxylic acids is 2. The lowest BCUT2D eigenvalue weighted by Crippen LogP contribution is -2.52. The molecule has 8 nitrogen and oxygen atoms in total. The predicted molar refractivity (Wildman–Crippen MR) is 98.7 cm³/mol. The van der Waals surface area contributed by atoms with E-state index in [2.05, 4.69) is 25.3 Å². The lowest BCUT2D eigenvalue weighted by atomic mass is 10.2. The fourth-order valence-corrected chi connectivity index (χ4v) is 2.34. The van der Waals surface area contributed by atoms with Gasteiger partial charge in [0.15, 0.2) is 0 Å². The minimum Gasteiger partial charge on any atom is -0.473 e. The molecule has 0 radical (unpaired) electrons. The predicted octanol–water partition coefficient (Wildman–Crippen LogP) is 1.86. The van der Waals surface area contributed by atoms with Crippen molar-refractivity contribution < 1.29 is 34.0 Å². The average Bonchev–Trinajstić information content (AvgIpc) is 2.66. The van der Waals surface area contributed by atoms with Gasteiger partial charge in [-0.3, -0.25) is 4.90 Å². The van der Waals surface area contributed by atoms with Crippen LogP contribution in [0.5, 0.6) is 5.75 Å². The lowest BCUT2D eigenvalue weighted by molar-refractivity contribution is -0.181. The van der Waals surface area contributed by atoms with Gasteiger partial charge in [0.25, 0.3) is 0 Å². The minimum atomic E-state index is -1.82. The topological polar surface area (TPSA) is 106 Å². The summed E-state index contributed by atoms with van der Waals surface area (Å²) in [5, 5.41) is 14.8. The first-order valence-electron chi connectivity index (χ1n) is 8.61. The van der Waals surface area contributed by atoms with E-state index in [1.807, 2.05) is 30.3 Å². The largest absolute Gasteiger partial charge is 0.473 e. The molecule has 0 aliphatic carbocycles. The fraction of sp³-hybridized carbons (Fsp3) is 0.474. The zero-order valence-electron chi connectivity index (χ0n) is 15.6. The molecule has 0 bridgehead atoms. The molecule has 2 atom stereocenters. The number of carboxylic acid groups (broad SMARTS) is 2. The normalized spacial score (nSPS) is 18.1. The first kappa shape index (κ1) is 22.6. The van der Waals surface area contributed by atoms with E-state index in [9.17, 15) is 0 Å². The summed E-state index contributed by atoms with van der Waals surface area (Å²) in [6.45, 7) is 11.0. The molecule has 8 heteroatoms. The Bertz CT molecular complexity index is 579. The molecular formula is C19H27NO7. The van der Waals surface area contributed by atoms with Gasteiger partial charge in [0.05, 0.1) is 13.2 Å². The summed E-state index contributed by atoms with van der Waals surface area (Å²) in [5.74, 6) is -2.86. The first-order chi connectivity index (χ1) is 12.8. The third-order valence-electron chi connectivity index (χ3n) is 3.72. The second kappa shape index (κ2) is 12.1. The number of benzene rings is 1. The van der Waals surface area contributed by atoms with Gasteiger partial charge in [-0.05, 0) is 26.0 Å². The quantitative estimate of drug-likeness (QED) is 0.419. The molecule has 150 valence electrons. The van der Waals surface area contributed by atoms with E-state index in [0.717, 1.165) is 18.8 Å². The Hall–Kier alpha value is -2.42. The molecule has 1 aromatic rings. The van der Waals surface area contributed by atoms with Gasteiger partial charge in [0.1, 0.15) is 11.9 Å². The number of rotatable bonds is 7. The number of hydrogen-bond acceptors (Lipinski definition) is 6. The van der Waals surface area contributed by atoms with Crippen molar-refractivity contribution in [2.75, 3.05) is 26.3 Å². The van der Waals surface area contributed by atoms with Crippen LogP contribution in [0.4, 0.5) is 0 Å². The zero-order valence-corrected chi connectivity index (χ0v) is 15.6. The summed E-state index contributed by atoms with van der Waals surface area (Å²) < 4.78 is 17.6. The average molecular weight is 381 g/mol. The number of carbonyl (C=O) groups is 2. The summed E-state index contributed by atoms with van der Waals surface area (Å²) in [6.07, 6.45) is 1.21. The number of hydrogen-bond donors (Lipinski definition) is 2. The molecule has 0 amide bonds. The summed E-state index contributed by atoms with van der Waals surface area (Å²) >= 11 is 0. The lowest BCUT2D eigenvalue weighted by Gasteiger charge is -2.38. The monoisotopic (exact) mass is 381 g/mol. The van der Waals surface area contributed by atoms with Crippen LogP contribution in [0.25, 0.3) is 0 Å². The van der Waals surface area contributed by atoms with Crippen molar-refractivity contribution in [2.45, 2.75) is 32.3 Å². The number of para-hydroxylation sites is 1. The van der Waals surface area contributed by atoms with E-state index in [0.29, 0.717) is 19.3 Å². The van der Waals surface area contributed by atoms with Gasteiger partial charge in [-0.1, -0.05) is 24.3 Å². The molecule has 1 aliphatic rings. The van der Waals surface area contributed by atoms with Crippen molar-refractivity contribution in [3.8, 4) is 5.75 Å². The maximum absolute atomic E-state index is 9.10. The van der Waals surface area contributed by atoms with Crippen LogP contribution in [0.1, 0.15) is 13.8 Å². The van der Waals surface area contributed by atoms with E-state index < -0.39 is 18.2 Å². The Labute approximate surface area is 158 Å². The smallest absolute Gasteiger partial charge is 0.414 e. The van der Waals surface area contributed by atoms with Crippen LogP contribution in [-0.4, -0.2) is 71.8 Å². The molecule has 2 N–H and O–H groups in total. The number of ether oxygens (including phenoxy) is 3. The van der Waals surface area contributed by atoms with E-state index >= 15 is 0 Å². The summed E-state index contributed by atoms with van der Waals surface area (Å²) in [6, 6.07) is 10.2. The van der Waals surface area contributed by atoms with Crippen molar-refractivity contribution in [1.82, 2.24) is 4.90 Å². The van der Waals surface area contributed by atoms with Gasteiger partial charge in [0, 0.05) is 19.1 Å².